The Morgan fingerprint density at radius 3 is 2.57 bits per heavy atom. The van der Waals surface area contributed by atoms with Crippen molar-refractivity contribution in [3.8, 4) is 0 Å². The van der Waals surface area contributed by atoms with Crippen molar-refractivity contribution >= 4 is 18.3 Å². The zero-order valence-corrected chi connectivity index (χ0v) is 13.7. The first-order valence-corrected chi connectivity index (χ1v) is 7.65. The van der Waals surface area contributed by atoms with Gasteiger partial charge in [-0.15, -0.1) is 12.4 Å². The number of carbonyl (C=O) groups excluding carboxylic acids is 1. The molecule has 3 heterocycles. The largest absolute Gasteiger partial charge is 0.337 e. The van der Waals surface area contributed by atoms with Gasteiger partial charge in [0, 0.05) is 31.9 Å². The number of halogens is 1. The summed E-state index contributed by atoms with van der Waals surface area (Å²) in [6, 6.07) is 2.13. The van der Waals surface area contributed by atoms with Crippen molar-refractivity contribution in [1.82, 2.24) is 20.0 Å². The molecule has 2 saturated heterocycles. The first kappa shape index (κ1) is 16.3. The first-order valence-electron chi connectivity index (χ1n) is 7.65. The number of rotatable bonds is 2. The molecule has 1 aromatic rings. The third-order valence-electron chi connectivity index (χ3n) is 4.80. The van der Waals surface area contributed by atoms with E-state index in [1.165, 1.54) is 6.42 Å². The van der Waals surface area contributed by atoms with Gasteiger partial charge in [-0.3, -0.25) is 9.48 Å². The number of hydrogen-bond acceptors (Lipinski definition) is 3. The smallest absolute Gasteiger partial charge is 0.274 e. The molecule has 118 valence electrons. The van der Waals surface area contributed by atoms with Crippen LogP contribution in [0.15, 0.2) is 12.3 Å². The molecule has 0 radical (unpaired) electrons. The van der Waals surface area contributed by atoms with Crippen molar-refractivity contribution in [3.63, 3.8) is 0 Å². The number of nitrogens with zero attached hydrogens (tertiary/aromatic N) is 3. The predicted octanol–water partition coefficient (Wildman–Crippen LogP) is 2.10. The Bertz CT molecular complexity index is 484. The van der Waals surface area contributed by atoms with E-state index in [9.17, 15) is 4.79 Å². The van der Waals surface area contributed by atoms with E-state index in [4.69, 9.17) is 0 Å². The minimum absolute atomic E-state index is 0. The minimum Gasteiger partial charge on any atom is -0.337 e. The average Bonchev–Trinajstić information content (AvgIpc) is 3.08. The highest BCUT2D eigenvalue weighted by atomic mass is 35.5. The number of nitrogens with one attached hydrogen (secondary N) is 1. The molecule has 0 aliphatic carbocycles. The maximum Gasteiger partial charge on any atom is 0.274 e. The second kappa shape index (κ2) is 6.36. The number of aromatic nitrogens is 2. The summed E-state index contributed by atoms with van der Waals surface area (Å²) in [5.41, 5.74) is 1.04. The van der Waals surface area contributed by atoms with E-state index in [1.54, 1.807) is 0 Å². The van der Waals surface area contributed by atoms with E-state index in [2.05, 4.69) is 24.3 Å². The highest BCUT2D eigenvalue weighted by molar-refractivity contribution is 5.92. The van der Waals surface area contributed by atoms with Gasteiger partial charge in [0.1, 0.15) is 5.69 Å². The van der Waals surface area contributed by atoms with Crippen LogP contribution in [0, 0.1) is 5.41 Å². The van der Waals surface area contributed by atoms with Crippen LogP contribution in [0.3, 0.4) is 0 Å². The van der Waals surface area contributed by atoms with Crippen LogP contribution in [-0.4, -0.2) is 46.8 Å². The van der Waals surface area contributed by atoms with Crippen molar-refractivity contribution in [3.05, 3.63) is 18.0 Å². The summed E-state index contributed by atoms with van der Waals surface area (Å²) in [7, 11) is 0. The van der Waals surface area contributed by atoms with Gasteiger partial charge in [-0.25, -0.2) is 0 Å². The summed E-state index contributed by atoms with van der Waals surface area (Å²) in [6.45, 7) is 8.13. The molecule has 0 aromatic carbocycles. The highest BCUT2D eigenvalue weighted by Gasteiger charge is 2.38. The Morgan fingerprint density at radius 1 is 1.33 bits per heavy atom. The van der Waals surface area contributed by atoms with E-state index < -0.39 is 0 Å². The normalized spacial score (nSPS) is 20.8. The first-order chi connectivity index (χ1) is 9.60. The van der Waals surface area contributed by atoms with Crippen LogP contribution in [0.2, 0.25) is 0 Å². The van der Waals surface area contributed by atoms with Gasteiger partial charge in [-0.2, -0.15) is 5.10 Å². The number of amides is 1. The van der Waals surface area contributed by atoms with Crippen LogP contribution in [-0.2, 0) is 0 Å². The van der Waals surface area contributed by atoms with Gasteiger partial charge in [0.15, 0.2) is 0 Å². The van der Waals surface area contributed by atoms with Gasteiger partial charge in [0.05, 0.1) is 0 Å². The number of hydrogen-bond donors (Lipinski definition) is 1. The molecule has 3 rings (SSSR count). The van der Waals surface area contributed by atoms with Crippen molar-refractivity contribution in [2.24, 2.45) is 5.41 Å². The Balaban J connectivity index is 0.00000161. The molecule has 2 aliphatic rings. The van der Waals surface area contributed by atoms with Crippen LogP contribution in [0.5, 0.6) is 0 Å². The van der Waals surface area contributed by atoms with Gasteiger partial charge < -0.3 is 10.2 Å². The summed E-state index contributed by atoms with van der Waals surface area (Å²) in [5, 5.41) is 7.84. The quantitative estimate of drug-likeness (QED) is 0.910. The van der Waals surface area contributed by atoms with Crippen molar-refractivity contribution in [1.29, 1.82) is 0 Å². The third kappa shape index (κ3) is 3.24. The van der Waals surface area contributed by atoms with E-state index in [-0.39, 0.29) is 18.3 Å². The Morgan fingerprint density at radius 2 is 2.05 bits per heavy atom. The fraction of sp³-hybridized carbons (Fsp3) is 0.733. The Labute approximate surface area is 132 Å². The van der Waals surface area contributed by atoms with E-state index >= 15 is 0 Å². The van der Waals surface area contributed by atoms with Crippen LogP contribution >= 0.6 is 12.4 Å². The molecule has 0 bridgehead atoms. The molecule has 2 fully saturated rings. The van der Waals surface area contributed by atoms with Crippen molar-refractivity contribution in [2.45, 2.75) is 39.2 Å². The maximum atomic E-state index is 12.5. The summed E-state index contributed by atoms with van der Waals surface area (Å²) in [6.07, 6.45) is 5.40. The number of piperidine rings is 1. The van der Waals surface area contributed by atoms with Gasteiger partial charge in [-0.1, -0.05) is 0 Å². The summed E-state index contributed by atoms with van der Waals surface area (Å²) < 4.78 is 1.85. The average molecular weight is 313 g/mol. The van der Waals surface area contributed by atoms with Crippen LogP contribution in [0.1, 0.15) is 49.6 Å². The highest BCUT2D eigenvalue weighted by Crippen LogP contribution is 2.37. The topological polar surface area (TPSA) is 50.2 Å². The number of likely N-dealkylation sites (tertiary alicyclic amines) is 1. The van der Waals surface area contributed by atoms with Crippen LogP contribution < -0.4 is 5.32 Å². The fourth-order valence-electron chi connectivity index (χ4n) is 3.31. The molecule has 0 atom stereocenters. The molecule has 21 heavy (non-hydrogen) atoms. The summed E-state index contributed by atoms with van der Waals surface area (Å²) >= 11 is 0. The molecule has 6 heteroatoms. The molecule has 0 unspecified atom stereocenters. The lowest BCUT2D eigenvalue weighted by Gasteiger charge is -2.38. The second-order valence-corrected chi connectivity index (χ2v) is 6.49. The fourth-order valence-corrected chi connectivity index (χ4v) is 3.31. The lowest BCUT2D eigenvalue weighted by Crippen LogP contribution is -2.44. The lowest BCUT2D eigenvalue weighted by atomic mass is 9.78. The van der Waals surface area contributed by atoms with Gasteiger partial charge in [0.25, 0.3) is 5.91 Å². The van der Waals surface area contributed by atoms with Crippen molar-refractivity contribution in [2.75, 3.05) is 26.2 Å². The number of carbonyl (C=O) groups is 1. The molecule has 1 aromatic heterocycles. The molecular formula is C15H25ClN4O. The maximum absolute atomic E-state index is 12.5. The van der Waals surface area contributed by atoms with Gasteiger partial charge >= 0.3 is 0 Å². The molecule has 0 saturated carbocycles. The molecular weight excluding hydrogens is 288 g/mol. The van der Waals surface area contributed by atoms with Crippen LogP contribution in [0.4, 0.5) is 0 Å². The SMILES string of the molecule is CC(C)n1ccc(C(=O)N2CCC3(CCNC3)CC2)n1.Cl. The van der Waals surface area contributed by atoms with Crippen molar-refractivity contribution < 1.29 is 4.79 Å². The summed E-state index contributed by atoms with van der Waals surface area (Å²) in [4.78, 5) is 14.4. The molecule has 2 aliphatic heterocycles. The van der Waals surface area contributed by atoms with E-state index in [0.29, 0.717) is 17.2 Å². The van der Waals surface area contributed by atoms with Gasteiger partial charge in [0.2, 0.25) is 0 Å². The summed E-state index contributed by atoms with van der Waals surface area (Å²) in [5.74, 6) is 0.0882. The monoisotopic (exact) mass is 312 g/mol. The van der Waals surface area contributed by atoms with E-state index in [0.717, 1.165) is 39.0 Å². The third-order valence-corrected chi connectivity index (χ3v) is 4.80. The molecule has 1 spiro atoms. The zero-order chi connectivity index (χ0) is 14.2. The second-order valence-electron chi connectivity index (χ2n) is 6.49. The van der Waals surface area contributed by atoms with Gasteiger partial charge in [-0.05, 0) is 51.1 Å². The molecule has 1 N–H and O–H groups in total. The molecule has 5 nitrogen and oxygen atoms in total. The Hall–Kier alpha value is -1.07. The predicted molar refractivity (Wildman–Crippen MR) is 84.9 cm³/mol. The molecule has 1 amide bonds. The Kier molecular flexibility index (Phi) is 4.94. The lowest BCUT2D eigenvalue weighted by molar-refractivity contribution is 0.0601. The van der Waals surface area contributed by atoms with E-state index in [1.807, 2.05) is 21.8 Å². The van der Waals surface area contributed by atoms with Crippen LogP contribution in [0.25, 0.3) is 0 Å². The zero-order valence-electron chi connectivity index (χ0n) is 12.8. The minimum atomic E-state index is 0. The standard InChI is InChI=1S/C15H24N4O.ClH/c1-12(2)19-8-3-13(17-19)14(20)18-9-5-15(6-10-18)4-7-16-11-15;/h3,8,12,16H,4-7,9-11H2,1-2H3;1H.